The summed E-state index contributed by atoms with van der Waals surface area (Å²) >= 11 is 9.72. The minimum Gasteiger partial charge on any atom is -0.495 e. The van der Waals surface area contributed by atoms with Crippen molar-refractivity contribution in [3.05, 3.63) is 75.7 Å². The van der Waals surface area contributed by atoms with Gasteiger partial charge in [-0.15, -0.1) is 0 Å². The number of sulfonamides is 1. The van der Waals surface area contributed by atoms with Crippen molar-refractivity contribution in [2.24, 2.45) is 0 Å². The van der Waals surface area contributed by atoms with E-state index in [4.69, 9.17) is 25.8 Å². The van der Waals surface area contributed by atoms with Crippen LogP contribution in [0.15, 0.2) is 70.0 Å². The van der Waals surface area contributed by atoms with Crippen LogP contribution in [0.4, 0.5) is 5.69 Å². The van der Waals surface area contributed by atoms with Crippen LogP contribution in [0.1, 0.15) is 32.8 Å². The number of halogens is 2. The van der Waals surface area contributed by atoms with Crippen molar-refractivity contribution in [2.45, 2.75) is 50.7 Å². The average Bonchev–Trinajstić information content (AvgIpc) is 3.02. The first-order valence-electron chi connectivity index (χ1n) is 13.8. The summed E-state index contributed by atoms with van der Waals surface area (Å²) in [7, 11) is -0.219. The Labute approximate surface area is 272 Å². The van der Waals surface area contributed by atoms with Gasteiger partial charge in [0.1, 0.15) is 18.3 Å². The Kier molecular flexibility index (Phi) is 12.3. The third-order valence-electron chi connectivity index (χ3n) is 7.07. The van der Waals surface area contributed by atoms with Crippen molar-refractivity contribution in [1.82, 2.24) is 10.2 Å². The molecule has 0 saturated carbocycles. The highest BCUT2D eigenvalue weighted by Gasteiger charge is 2.34. The highest BCUT2D eigenvalue weighted by molar-refractivity contribution is 9.10. The van der Waals surface area contributed by atoms with Crippen molar-refractivity contribution in [3.8, 4) is 17.2 Å². The van der Waals surface area contributed by atoms with Gasteiger partial charge in [-0.05, 0) is 68.3 Å². The first kappa shape index (κ1) is 35.0. The van der Waals surface area contributed by atoms with Crippen molar-refractivity contribution < 1.29 is 32.2 Å². The Morgan fingerprint density at radius 3 is 2.11 bits per heavy atom. The lowest BCUT2D eigenvalue weighted by atomic mass is 10.1. The molecule has 1 N–H and O–H groups in total. The fourth-order valence-corrected chi connectivity index (χ4v) is 6.17. The molecule has 2 amide bonds. The van der Waals surface area contributed by atoms with E-state index >= 15 is 0 Å². The molecule has 0 aliphatic carbocycles. The zero-order valence-corrected chi connectivity index (χ0v) is 28.6. The second-order valence-electron chi connectivity index (χ2n) is 9.99. The molecular formula is C31H37BrClN3O7S. The smallest absolute Gasteiger partial charge is 0.265 e. The van der Waals surface area contributed by atoms with Gasteiger partial charge in [-0.1, -0.05) is 46.6 Å². The van der Waals surface area contributed by atoms with E-state index < -0.39 is 28.5 Å². The molecule has 0 aliphatic rings. The van der Waals surface area contributed by atoms with Gasteiger partial charge in [0.15, 0.2) is 11.5 Å². The van der Waals surface area contributed by atoms with Crippen LogP contribution < -0.4 is 23.8 Å². The number of nitrogens with one attached hydrogen (secondary N) is 1. The minimum atomic E-state index is -4.43. The Morgan fingerprint density at radius 1 is 0.909 bits per heavy atom. The number of carbonyl (C=O) groups is 2. The number of benzene rings is 3. The van der Waals surface area contributed by atoms with Crippen molar-refractivity contribution in [2.75, 3.05) is 32.2 Å². The lowest BCUT2D eigenvalue weighted by Gasteiger charge is -2.33. The van der Waals surface area contributed by atoms with Gasteiger partial charge in [0.25, 0.3) is 10.0 Å². The molecule has 0 unspecified atom stereocenters. The monoisotopic (exact) mass is 709 g/mol. The van der Waals surface area contributed by atoms with Crippen LogP contribution in [-0.2, 0) is 26.2 Å². The molecule has 0 aliphatic heterocycles. The predicted octanol–water partition coefficient (Wildman–Crippen LogP) is 5.66. The third-order valence-corrected chi connectivity index (χ3v) is 9.59. The number of rotatable bonds is 14. The number of amides is 2. The molecule has 238 valence electrons. The Bertz CT molecular complexity index is 1570. The van der Waals surface area contributed by atoms with Crippen LogP contribution in [0.2, 0.25) is 5.02 Å². The van der Waals surface area contributed by atoms with Crippen LogP contribution in [0.3, 0.4) is 0 Å². The molecule has 0 saturated heterocycles. The third kappa shape index (κ3) is 8.36. The summed E-state index contributed by atoms with van der Waals surface area (Å²) in [6, 6.07) is 14.8. The summed E-state index contributed by atoms with van der Waals surface area (Å²) in [6.07, 6.45) is 0.699. The SMILES string of the molecule is CC[C@H](C)NC(=O)[C@@H](C)N(Cc1ccc(Br)cc1)C(=O)CN(c1cc(Cl)ccc1OC)S(=O)(=O)c1ccc(OC)c(OC)c1. The molecule has 13 heteroatoms. The average molecular weight is 711 g/mol. The van der Waals surface area contributed by atoms with Gasteiger partial charge in [0, 0.05) is 28.1 Å². The molecule has 10 nitrogen and oxygen atoms in total. The van der Waals surface area contributed by atoms with Crippen LogP contribution in [-0.4, -0.2) is 65.1 Å². The molecular weight excluding hydrogens is 674 g/mol. The fourth-order valence-electron chi connectivity index (χ4n) is 4.31. The largest absolute Gasteiger partial charge is 0.495 e. The molecule has 3 rings (SSSR count). The summed E-state index contributed by atoms with van der Waals surface area (Å²) in [4.78, 5) is 28.6. The molecule has 0 spiro atoms. The summed E-state index contributed by atoms with van der Waals surface area (Å²) in [6.45, 7) is 4.81. The number of nitrogens with zero attached hydrogens (tertiary/aromatic N) is 2. The second-order valence-corrected chi connectivity index (χ2v) is 13.2. The van der Waals surface area contributed by atoms with Crippen LogP contribution in [0.5, 0.6) is 17.2 Å². The Morgan fingerprint density at radius 2 is 1.52 bits per heavy atom. The molecule has 0 bridgehead atoms. The van der Waals surface area contributed by atoms with Gasteiger partial charge < -0.3 is 24.4 Å². The van der Waals surface area contributed by atoms with Gasteiger partial charge in [0.2, 0.25) is 11.8 Å². The van der Waals surface area contributed by atoms with Gasteiger partial charge in [-0.2, -0.15) is 0 Å². The van der Waals surface area contributed by atoms with E-state index in [-0.39, 0.29) is 45.6 Å². The van der Waals surface area contributed by atoms with Gasteiger partial charge >= 0.3 is 0 Å². The number of carbonyl (C=O) groups excluding carboxylic acids is 2. The van der Waals surface area contributed by atoms with Crippen LogP contribution >= 0.6 is 27.5 Å². The van der Waals surface area contributed by atoms with Crippen LogP contribution in [0, 0.1) is 0 Å². The first-order chi connectivity index (χ1) is 20.9. The van der Waals surface area contributed by atoms with E-state index in [1.807, 2.05) is 38.1 Å². The summed E-state index contributed by atoms with van der Waals surface area (Å²) in [5.41, 5.74) is 0.794. The highest BCUT2D eigenvalue weighted by atomic mass is 79.9. The molecule has 0 radical (unpaired) electrons. The lowest BCUT2D eigenvalue weighted by Crippen LogP contribution is -2.52. The molecule has 2 atom stereocenters. The van der Waals surface area contributed by atoms with Gasteiger partial charge in [-0.25, -0.2) is 8.42 Å². The van der Waals surface area contributed by atoms with Gasteiger partial charge in [0.05, 0.1) is 31.9 Å². The molecule has 44 heavy (non-hydrogen) atoms. The molecule has 3 aromatic rings. The van der Waals surface area contributed by atoms with E-state index in [0.29, 0.717) is 12.2 Å². The zero-order valence-electron chi connectivity index (χ0n) is 25.5. The normalized spacial score (nSPS) is 12.5. The number of methoxy groups -OCH3 is 3. The van der Waals surface area contributed by atoms with E-state index in [9.17, 15) is 18.0 Å². The fraction of sp³-hybridized carbons (Fsp3) is 0.355. The topological polar surface area (TPSA) is 114 Å². The van der Waals surface area contributed by atoms with E-state index in [1.165, 1.54) is 56.6 Å². The maximum Gasteiger partial charge on any atom is 0.265 e. The number of hydrogen-bond acceptors (Lipinski definition) is 7. The van der Waals surface area contributed by atoms with Crippen LogP contribution in [0.25, 0.3) is 0 Å². The quantitative estimate of drug-likeness (QED) is 0.230. The molecule has 0 heterocycles. The predicted molar refractivity (Wildman–Crippen MR) is 174 cm³/mol. The highest BCUT2D eigenvalue weighted by Crippen LogP contribution is 2.37. The number of hydrogen-bond donors (Lipinski definition) is 1. The number of anilines is 1. The van der Waals surface area contributed by atoms with Crippen molar-refractivity contribution >= 4 is 55.1 Å². The minimum absolute atomic E-state index is 0.0448. The van der Waals surface area contributed by atoms with E-state index in [0.717, 1.165) is 14.3 Å². The lowest BCUT2D eigenvalue weighted by molar-refractivity contribution is -0.139. The molecule has 0 aromatic heterocycles. The standard InChI is InChI=1S/C31H37BrClN3O7S/c1-7-20(2)34-31(38)21(3)35(18-22-8-10-23(32)11-9-22)30(37)19-36(26-16-24(33)12-14-27(26)41-4)44(39,40)25-13-15-28(42-5)29(17-25)43-6/h8-17,20-21H,7,18-19H2,1-6H3,(H,34,38)/t20-,21+/m0/s1. The van der Waals surface area contributed by atoms with Crippen molar-refractivity contribution in [1.29, 1.82) is 0 Å². The summed E-state index contributed by atoms with van der Waals surface area (Å²) < 4.78 is 46.5. The van der Waals surface area contributed by atoms with Gasteiger partial charge in [-0.3, -0.25) is 13.9 Å². The summed E-state index contributed by atoms with van der Waals surface area (Å²) in [5.74, 6) is -0.292. The van der Waals surface area contributed by atoms with E-state index in [1.54, 1.807) is 13.0 Å². The first-order valence-corrected chi connectivity index (χ1v) is 16.4. The second kappa shape index (κ2) is 15.5. The van der Waals surface area contributed by atoms with Crippen molar-refractivity contribution in [3.63, 3.8) is 0 Å². The summed E-state index contributed by atoms with van der Waals surface area (Å²) in [5, 5.41) is 3.14. The van der Waals surface area contributed by atoms with E-state index in [2.05, 4.69) is 21.2 Å². The maximum absolute atomic E-state index is 14.3. The number of ether oxygens (including phenoxy) is 3. The Balaban J connectivity index is 2.14. The maximum atomic E-state index is 14.3. The Hall–Kier alpha value is -3.48. The zero-order chi connectivity index (χ0) is 32.6. The molecule has 0 fully saturated rings. The molecule has 3 aromatic carbocycles.